The van der Waals surface area contributed by atoms with E-state index in [1.807, 2.05) is 7.05 Å². The fourth-order valence-electron chi connectivity index (χ4n) is 3.81. The molecule has 2 heterocycles. The van der Waals surface area contributed by atoms with Crippen LogP contribution in [0.2, 0.25) is 0 Å². The van der Waals surface area contributed by atoms with Crippen molar-refractivity contribution in [2.24, 2.45) is 10.9 Å². The molecule has 1 aromatic rings. The van der Waals surface area contributed by atoms with Crippen LogP contribution in [0.5, 0.6) is 0 Å². The molecule has 4 nitrogen and oxygen atoms in total. The van der Waals surface area contributed by atoms with E-state index < -0.39 is 0 Å². The van der Waals surface area contributed by atoms with Crippen molar-refractivity contribution in [3.63, 3.8) is 0 Å². The van der Waals surface area contributed by atoms with Gasteiger partial charge in [-0.05, 0) is 43.2 Å². The van der Waals surface area contributed by atoms with Crippen molar-refractivity contribution in [1.82, 2.24) is 15.1 Å². The molecule has 140 valence electrons. The number of rotatable bonds is 3. The number of piperidine rings is 1. The van der Waals surface area contributed by atoms with E-state index in [0.29, 0.717) is 6.04 Å². The van der Waals surface area contributed by atoms with E-state index in [-0.39, 0.29) is 24.0 Å². The first-order valence-corrected chi connectivity index (χ1v) is 9.43. The number of nitrogens with zero attached hydrogens (tertiary/aromatic N) is 3. The summed E-state index contributed by atoms with van der Waals surface area (Å²) in [7, 11) is 1.90. The van der Waals surface area contributed by atoms with Crippen LogP contribution < -0.4 is 5.32 Å². The minimum Gasteiger partial charge on any atom is -0.355 e. The number of nitrogens with one attached hydrogen (secondary N) is 1. The third-order valence-corrected chi connectivity index (χ3v) is 5.63. The normalized spacial score (nSPS) is 20.6. The molecular weight excluding hydrogens is 423 g/mol. The van der Waals surface area contributed by atoms with E-state index in [2.05, 4.69) is 58.2 Å². The van der Waals surface area contributed by atoms with Crippen molar-refractivity contribution in [1.29, 1.82) is 0 Å². The van der Waals surface area contributed by atoms with Crippen LogP contribution >= 0.6 is 24.0 Å². The van der Waals surface area contributed by atoms with Crippen LogP contribution in [0.4, 0.5) is 0 Å². The van der Waals surface area contributed by atoms with E-state index in [9.17, 15) is 0 Å². The van der Waals surface area contributed by atoms with E-state index in [1.54, 1.807) is 0 Å². The van der Waals surface area contributed by atoms with Crippen LogP contribution in [0.15, 0.2) is 29.3 Å². The first kappa shape index (κ1) is 20.5. The van der Waals surface area contributed by atoms with E-state index in [0.717, 1.165) is 44.6 Å². The molecular formula is C20H33IN4. The second-order valence-corrected chi connectivity index (χ2v) is 7.44. The highest BCUT2D eigenvalue weighted by Gasteiger charge is 2.22. The minimum absolute atomic E-state index is 0. The van der Waals surface area contributed by atoms with Crippen LogP contribution in [0.25, 0.3) is 0 Å². The molecule has 5 heteroatoms. The lowest BCUT2D eigenvalue weighted by Gasteiger charge is -2.36. The topological polar surface area (TPSA) is 30.9 Å². The quantitative estimate of drug-likeness (QED) is 0.430. The molecule has 0 aromatic heterocycles. The predicted octanol–water partition coefficient (Wildman–Crippen LogP) is 3.36. The number of likely N-dealkylation sites (tertiary alicyclic amines) is 1. The third-order valence-electron chi connectivity index (χ3n) is 5.63. The molecule has 0 saturated carbocycles. The number of guanidine groups is 1. The van der Waals surface area contributed by atoms with Gasteiger partial charge >= 0.3 is 0 Å². The molecule has 1 N–H and O–H groups in total. The largest absolute Gasteiger partial charge is 0.355 e. The van der Waals surface area contributed by atoms with Crippen LogP contribution in [0, 0.1) is 5.92 Å². The number of benzene rings is 1. The lowest BCUT2D eigenvalue weighted by atomic mass is 9.99. The maximum atomic E-state index is 4.50. The Balaban J connectivity index is 0.00000225. The van der Waals surface area contributed by atoms with Crippen molar-refractivity contribution in [3.05, 3.63) is 35.4 Å². The second-order valence-electron chi connectivity index (χ2n) is 7.44. The summed E-state index contributed by atoms with van der Waals surface area (Å²) in [5.74, 6) is 1.93. The molecule has 1 saturated heterocycles. The summed E-state index contributed by atoms with van der Waals surface area (Å²) in [6.45, 7) is 10.1. The summed E-state index contributed by atoms with van der Waals surface area (Å²) in [6, 6.07) is 9.37. The maximum absolute atomic E-state index is 4.50. The molecule has 1 aromatic carbocycles. The summed E-state index contributed by atoms with van der Waals surface area (Å²) < 4.78 is 0. The highest BCUT2D eigenvalue weighted by molar-refractivity contribution is 14.0. The van der Waals surface area contributed by atoms with Gasteiger partial charge < -0.3 is 10.2 Å². The van der Waals surface area contributed by atoms with E-state index >= 15 is 0 Å². The van der Waals surface area contributed by atoms with Gasteiger partial charge in [0.1, 0.15) is 0 Å². The van der Waals surface area contributed by atoms with Crippen LogP contribution in [-0.4, -0.2) is 55.0 Å². The second kappa shape index (κ2) is 9.76. The summed E-state index contributed by atoms with van der Waals surface area (Å²) in [4.78, 5) is 9.50. The summed E-state index contributed by atoms with van der Waals surface area (Å²) in [6.07, 6.45) is 3.72. The summed E-state index contributed by atoms with van der Waals surface area (Å²) in [5, 5.41) is 3.61. The average Bonchev–Trinajstić information content (AvgIpc) is 2.63. The smallest absolute Gasteiger partial charge is 0.193 e. The molecule has 0 spiro atoms. The molecule has 25 heavy (non-hydrogen) atoms. The average molecular weight is 456 g/mol. The number of fused-ring (bicyclic) bond motifs is 1. The van der Waals surface area contributed by atoms with Gasteiger partial charge in [0.2, 0.25) is 0 Å². The van der Waals surface area contributed by atoms with Gasteiger partial charge in [-0.25, -0.2) is 0 Å². The van der Waals surface area contributed by atoms with E-state index in [4.69, 9.17) is 0 Å². The molecule has 1 atom stereocenters. The van der Waals surface area contributed by atoms with Gasteiger partial charge in [-0.2, -0.15) is 0 Å². The highest BCUT2D eigenvalue weighted by atomic mass is 127. The van der Waals surface area contributed by atoms with Gasteiger partial charge in [0, 0.05) is 45.8 Å². The van der Waals surface area contributed by atoms with Crippen molar-refractivity contribution in [2.45, 2.75) is 45.7 Å². The first-order valence-electron chi connectivity index (χ1n) is 9.43. The van der Waals surface area contributed by atoms with Gasteiger partial charge in [0.05, 0.1) is 0 Å². The maximum Gasteiger partial charge on any atom is 0.193 e. The zero-order valence-corrected chi connectivity index (χ0v) is 18.2. The molecule has 0 radical (unpaired) electrons. The molecule has 0 amide bonds. The zero-order valence-electron chi connectivity index (χ0n) is 15.9. The SMILES string of the molecule is CN=C(NCC(C)N1CCc2ccccc2C1)N1CCC(C)CC1.I. The Kier molecular flexibility index (Phi) is 8.00. The fourth-order valence-corrected chi connectivity index (χ4v) is 3.81. The van der Waals surface area contributed by atoms with Gasteiger partial charge in [0.25, 0.3) is 0 Å². The Bertz CT molecular complexity index is 567. The monoisotopic (exact) mass is 456 g/mol. The first-order chi connectivity index (χ1) is 11.7. The van der Waals surface area contributed by atoms with Crippen molar-refractivity contribution in [2.75, 3.05) is 33.2 Å². The Morgan fingerprint density at radius 2 is 1.88 bits per heavy atom. The van der Waals surface area contributed by atoms with Gasteiger partial charge in [-0.15, -0.1) is 24.0 Å². The van der Waals surface area contributed by atoms with Crippen molar-refractivity contribution in [3.8, 4) is 0 Å². The van der Waals surface area contributed by atoms with Crippen molar-refractivity contribution >= 4 is 29.9 Å². The number of halogens is 1. The Morgan fingerprint density at radius 3 is 2.56 bits per heavy atom. The molecule has 3 rings (SSSR count). The van der Waals surface area contributed by atoms with Crippen LogP contribution in [-0.2, 0) is 13.0 Å². The van der Waals surface area contributed by atoms with Crippen molar-refractivity contribution < 1.29 is 0 Å². The molecule has 0 bridgehead atoms. The highest BCUT2D eigenvalue weighted by Crippen LogP contribution is 2.20. The number of aliphatic imine (C=N–C) groups is 1. The molecule has 0 aliphatic carbocycles. The zero-order chi connectivity index (χ0) is 16.9. The van der Waals surface area contributed by atoms with Gasteiger partial charge in [0.15, 0.2) is 5.96 Å². The summed E-state index contributed by atoms with van der Waals surface area (Å²) in [5.41, 5.74) is 3.01. The van der Waals surface area contributed by atoms with Gasteiger partial charge in [-0.1, -0.05) is 31.2 Å². The Labute approximate surface area is 170 Å². The molecule has 1 unspecified atom stereocenters. The Morgan fingerprint density at radius 1 is 1.20 bits per heavy atom. The summed E-state index contributed by atoms with van der Waals surface area (Å²) >= 11 is 0. The molecule has 2 aliphatic heterocycles. The standard InChI is InChI=1S/C20H32N4.HI/c1-16-8-11-23(12-9-16)20(21-3)22-14-17(2)24-13-10-18-6-4-5-7-19(18)15-24;/h4-7,16-17H,8-15H2,1-3H3,(H,21,22);1H. The Hall–Kier alpha value is -0.820. The van der Waals surface area contributed by atoms with Crippen LogP contribution in [0.1, 0.15) is 37.8 Å². The number of hydrogen-bond acceptors (Lipinski definition) is 2. The fraction of sp³-hybridized carbons (Fsp3) is 0.650. The van der Waals surface area contributed by atoms with Gasteiger partial charge in [-0.3, -0.25) is 9.89 Å². The molecule has 1 fully saturated rings. The lowest BCUT2D eigenvalue weighted by molar-refractivity contribution is 0.189. The lowest BCUT2D eigenvalue weighted by Crippen LogP contribution is -2.50. The number of hydrogen-bond donors (Lipinski definition) is 1. The molecule has 2 aliphatic rings. The van der Waals surface area contributed by atoms with E-state index in [1.165, 1.54) is 30.4 Å². The minimum atomic E-state index is 0. The third kappa shape index (κ3) is 5.33. The van der Waals surface area contributed by atoms with Crippen LogP contribution in [0.3, 0.4) is 0 Å². The predicted molar refractivity (Wildman–Crippen MR) is 117 cm³/mol.